The molecule has 0 aromatic carbocycles. The van der Waals surface area contributed by atoms with Gasteiger partial charge in [0.2, 0.25) is 0 Å². The Bertz CT molecular complexity index is 421. The molecule has 0 saturated carbocycles. The molecule has 0 aliphatic rings. The van der Waals surface area contributed by atoms with Crippen molar-refractivity contribution in [2.24, 2.45) is 5.73 Å². The molecule has 6 nitrogen and oxygen atoms in total. The summed E-state index contributed by atoms with van der Waals surface area (Å²) in [5, 5.41) is 10.2. The molecule has 20 heavy (non-hydrogen) atoms. The van der Waals surface area contributed by atoms with Crippen LogP contribution in [0.3, 0.4) is 0 Å². The van der Waals surface area contributed by atoms with Crippen LogP contribution in [0.1, 0.15) is 31.7 Å². The van der Waals surface area contributed by atoms with Gasteiger partial charge in [0.1, 0.15) is 0 Å². The quantitative estimate of drug-likeness (QED) is 0.383. The zero-order valence-corrected chi connectivity index (χ0v) is 11.9. The Kier molecular flexibility index (Phi) is 7.10. The molecule has 0 unspecified atom stereocenters. The van der Waals surface area contributed by atoms with Crippen LogP contribution in [0.4, 0.5) is 4.79 Å². The smallest absolute Gasteiger partial charge is 0.317 e. The lowest BCUT2D eigenvalue weighted by Gasteiger charge is -2.23. The van der Waals surface area contributed by atoms with E-state index in [9.17, 15) is 4.79 Å². The standard InChI is InChI=1S/C14H23N5O/c1-2-3-8-18-14(20)19(9-6-13(15)16)11-12-5-4-7-17-10-12/h4-5,7,10H,2-3,6,8-9,11H2,1H3,(H3,15,16)(H,18,20). The van der Waals surface area contributed by atoms with Crippen molar-refractivity contribution in [3.8, 4) is 0 Å². The molecule has 1 aromatic heterocycles. The SMILES string of the molecule is CCCCNC(=O)N(CCC(=N)N)Cc1cccnc1. The maximum atomic E-state index is 12.1. The molecule has 1 rings (SSSR count). The zero-order valence-electron chi connectivity index (χ0n) is 11.9. The Labute approximate surface area is 119 Å². The summed E-state index contributed by atoms with van der Waals surface area (Å²) in [6, 6.07) is 3.64. The van der Waals surface area contributed by atoms with Crippen LogP contribution in [-0.4, -0.2) is 34.8 Å². The van der Waals surface area contributed by atoms with Crippen LogP contribution in [0.5, 0.6) is 0 Å². The number of aromatic nitrogens is 1. The summed E-state index contributed by atoms with van der Waals surface area (Å²) >= 11 is 0. The Morgan fingerprint density at radius 2 is 2.35 bits per heavy atom. The van der Waals surface area contributed by atoms with Gasteiger partial charge in [-0.1, -0.05) is 19.4 Å². The first kappa shape index (κ1) is 15.9. The van der Waals surface area contributed by atoms with E-state index in [1.165, 1.54) is 0 Å². The Morgan fingerprint density at radius 3 is 2.95 bits per heavy atom. The number of urea groups is 1. The van der Waals surface area contributed by atoms with Crippen LogP contribution in [0, 0.1) is 5.41 Å². The molecule has 1 heterocycles. The van der Waals surface area contributed by atoms with Gasteiger partial charge in [-0.2, -0.15) is 0 Å². The van der Waals surface area contributed by atoms with E-state index in [0.29, 0.717) is 26.1 Å². The molecule has 0 spiro atoms. The van der Waals surface area contributed by atoms with E-state index in [2.05, 4.69) is 17.2 Å². The number of carbonyl (C=O) groups is 1. The summed E-state index contributed by atoms with van der Waals surface area (Å²) < 4.78 is 0. The molecule has 0 aliphatic carbocycles. The van der Waals surface area contributed by atoms with E-state index >= 15 is 0 Å². The second kappa shape index (κ2) is 8.90. The number of rotatable bonds is 8. The zero-order chi connectivity index (χ0) is 14.8. The average Bonchev–Trinajstić information content (AvgIpc) is 2.44. The highest BCUT2D eigenvalue weighted by molar-refractivity contribution is 5.78. The van der Waals surface area contributed by atoms with Crippen molar-refractivity contribution in [2.75, 3.05) is 13.1 Å². The van der Waals surface area contributed by atoms with E-state index in [0.717, 1.165) is 18.4 Å². The molecule has 0 bridgehead atoms. The number of amides is 2. The van der Waals surface area contributed by atoms with E-state index in [1.807, 2.05) is 12.1 Å². The highest BCUT2D eigenvalue weighted by Crippen LogP contribution is 2.04. The minimum absolute atomic E-state index is 0.0857. The van der Waals surface area contributed by atoms with Crippen LogP contribution < -0.4 is 11.1 Å². The summed E-state index contributed by atoms with van der Waals surface area (Å²) in [5.74, 6) is 0.0857. The van der Waals surface area contributed by atoms with E-state index in [4.69, 9.17) is 11.1 Å². The third-order valence-electron chi connectivity index (χ3n) is 2.84. The number of nitrogens with two attached hydrogens (primary N) is 1. The van der Waals surface area contributed by atoms with Crippen molar-refractivity contribution in [1.82, 2.24) is 15.2 Å². The summed E-state index contributed by atoms with van der Waals surface area (Å²) in [7, 11) is 0. The maximum absolute atomic E-state index is 12.1. The first-order valence-corrected chi connectivity index (χ1v) is 6.88. The number of unbranched alkanes of at least 4 members (excludes halogenated alkanes) is 1. The molecule has 0 radical (unpaired) electrons. The molecule has 110 valence electrons. The van der Waals surface area contributed by atoms with Crippen molar-refractivity contribution >= 4 is 11.9 Å². The highest BCUT2D eigenvalue weighted by Gasteiger charge is 2.13. The topological polar surface area (TPSA) is 95.1 Å². The van der Waals surface area contributed by atoms with E-state index in [-0.39, 0.29) is 11.9 Å². The van der Waals surface area contributed by atoms with Gasteiger partial charge in [0.15, 0.2) is 0 Å². The molecule has 0 atom stereocenters. The molecule has 0 aliphatic heterocycles. The third-order valence-corrected chi connectivity index (χ3v) is 2.84. The second-order valence-corrected chi connectivity index (χ2v) is 4.64. The lowest BCUT2D eigenvalue weighted by molar-refractivity contribution is 0.196. The minimum atomic E-state index is -0.122. The molecule has 1 aromatic rings. The summed E-state index contributed by atoms with van der Waals surface area (Å²) in [5.41, 5.74) is 6.33. The first-order chi connectivity index (χ1) is 9.63. The van der Waals surface area contributed by atoms with Gasteiger partial charge < -0.3 is 16.0 Å². The van der Waals surface area contributed by atoms with Gasteiger partial charge in [-0.15, -0.1) is 0 Å². The molecule has 2 amide bonds. The fraction of sp³-hybridized carbons (Fsp3) is 0.500. The van der Waals surface area contributed by atoms with Gasteiger partial charge in [-0.3, -0.25) is 10.4 Å². The number of hydrogen-bond donors (Lipinski definition) is 3. The molecule has 0 saturated heterocycles. The number of hydrogen-bond acceptors (Lipinski definition) is 3. The minimum Gasteiger partial charge on any atom is -0.388 e. The summed E-state index contributed by atoms with van der Waals surface area (Å²) in [4.78, 5) is 17.8. The molecule has 6 heteroatoms. The van der Waals surface area contributed by atoms with Crippen LogP contribution in [0.25, 0.3) is 0 Å². The highest BCUT2D eigenvalue weighted by atomic mass is 16.2. The van der Waals surface area contributed by atoms with Gasteiger partial charge in [0, 0.05) is 38.4 Å². The van der Waals surface area contributed by atoms with Gasteiger partial charge in [-0.25, -0.2) is 4.79 Å². The van der Waals surface area contributed by atoms with Gasteiger partial charge in [-0.05, 0) is 18.1 Å². The first-order valence-electron chi connectivity index (χ1n) is 6.88. The van der Waals surface area contributed by atoms with Crippen LogP contribution in [0.15, 0.2) is 24.5 Å². The van der Waals surface area contributed by atoms with E-state index < -0.39 is 0 Å². The Morgan fingerprint density at radius 1 is 1.55 bits per heavy atom. The van der Waals surface area contributed by atoms with Crippen molar-refractivity contribution < 1.29 is 4.79 Å². The number of pyridine rings is 1. The monoisotopic (exact) mass is 277 g/mol. The van der Waals surface area contributed by atoms with Crippen LogP contribution in [0.2, 0.25) is 0 Å². The predicted octanol–water partition coefficient (Wildman–Crippen LogP) is 1.72. The average molecular weight is 277 g/mol. The van der Waals surface area contributed by atoms with Gasteiger partial charge in [0.05, 0.1) is 5.84 Å². The molecular formula is C14H23N5O. The fourth-order valence-corrected chi connectivity index (χ4v) is 1.70. The van der Waals surface area contributed by atoms with Crippen molar-refractivity contribution in [2.45, 2.75) is 32.7 Å². The maximum Gasteiger partial charge on any atom is 0.317 e. The summed E-state index contributed by atoms with van der Waals surface area (Å²) in [6.45, 7) is 3.65. The summed E-state index contributed by atoms with van der Waals surface area (Å²) in [6.07, 6.45) is 5.81. The lowest BCUT2D eigenvalue weighted by atomic mass is 10.2. The molecule has 0 fully saturated rings. The van der Waals surface area contributed by atoms with E-state index in [1.54, 1.807) is 17.3 Å². The van der Waals surface area contributed by atoms with Crippen LogP contribution in [-0.2, 0) is 6.54 Å². The molecular weight excluding hydrogens is 254 g/mol. The number of nitrogens with zero attached hydrogens (tertiary/aromatic N) is 2. The van der Waals surface area contributed by atoms with Crippen molar-refractivity contribution in [3.63, 3.8) is 0 Å². The fourth-order valence-electron chi connectivity index (χ4n) is 1.70. The third kappa shape index (κ3) is 6.17. The number of carbonyl (C=O) groups excluding carboxylic acids is 1. The Hall–Kier alpha value is -2.11. The largest absolute Gasteiger partial charge is 0.388 e. The predicted molar refractivity (Wildman–Crippen MR) is 79.5 cm³/mol. The van der Waals surface area contributed by atoms with Crippen molar-refractivity contribution in [3.05, 3.63) is 30.1 Å². The second-order valence-electron chi connectivity index (χ2n) is 4.64. The van der Waals surface area contributed by atoms with Gasteiger partial charge >= 0.3 is 6.03 Å². The molecule has 4 N–H and O–H groups in total. The van der Waals surface area contributed by atoms with Gasteiger partial charge in [0.25, 0.3) is 0 Å². The Balaban J connectivity index is 2.59. The number of amidine groups is 1. The number of nitrogens with one attached hydrogen (secondary N) is 2. The lowest BCUT2D eigenvalue weighted by Crippen LogP contribution is -2.41. The van der Waals surface area contributed by atoms with Crippen LogP contribution >= 0.6 is 0 Å². The normalized spacial score (nSPS) is 10.1. The van der Waals surface area contributed by atoms with Crippen molar-refractivity contribution in [1.29, 1.82) is 5.41 Å².